The lowest BCUT2D eigenvalue weighted by Crippen LogP contribution is -2.38. The third kappa shape index (κ3) is 4.54. The van der Waals surface area contributed by atoms with Crippen molar-refractivity contribution in [3.05, 3.63) is 47.6 Å². The van der Waals surface area contributed by atoms with Gasteiger partial charge in [-0.2, -0.15) is 0 Å². The number of rotatable bonds is 6. The van der Waals surface area contributed by atoms with Gasteiger partial charge in [-0.15, -0.1) is 0 Å². The zero-order chi connectivity index (χ0) is 16.9. The molecule has 0 aromatic carbocycles. The molecule has 4 nitrogen and oxygen atoms in total. The van der Waals surface area contributed by atoms with Gasteiger partial charge in [0.05, 0.1) is 18.9 Å². The summed E-state index contributed by atoms with van der Waals surface area (Å²) in [6, 6.07) is -0.219. The molecule has 0 aromatic rings. The molecule has 128 valence electrons. The Morgan fingerprint density at radius 3 is 2.83 bits per heavy atom. The summed E-state index contributed by atoms with van der Waals surface area (Å²) in [7, 11) is 0. The van der Waals surface area contributed by atoms with Crippen molar-refractivity contribution in [1.82, 2.24) is 5.32 Å². The first-order valence-electron chi connectivity index (χ1n) is 8.54. The predicted octanol–water partition coefficient (Wildman–Crippen LogP) is 2.82. The molecule has 24 heavy (non-hydrogen) atoms. The molecule has 0 bridgehead atoms. The van der Waals surface area contributed by atoms with E-state index >= 15 is 0 Å². The van der Waals surface area contributed by atoms with Crippen LogP contribution >= 0.6 is 15.9 Å². The van der Waals surface area contributed by atoms with E-state index in [1.807, 2.05) is 0 Å². The standard InChI is InChI=1S/C19H24BrN3O/c20-16-7-5-15(6-8-16)14-3-1-13(2-4-14)9-19(24)18(21)10-17-11-22-12-23-17/h1-3,5-7,12,14,16-18H,4,8-11,21H2,(H,22,23)/t14?,16?,17?,18-/m0/s1. The van der Waals surface area contributed by atoms with Crippen LogP contribution in [-0.2, 0) is 4.79 Å². The van der Waals surface area contributed by atoms with Gasteiger partial charge in [-0.25, -0.2) is 0 Å². The van der Waals surface area contributed by atoms with Crippen LogP contribution in [0.3, 0.4) is 0 Å². The molecule has 1 heterocycles. The smallest absolute Gasteiger partial charge is 0.153 e. The van der Waals surface area contributed by atoms with Crippen molar-refractivity contribution in [1.29, 1.82) is 0 Å². The Morgan fingerprint density at radius 2 is 2.21 bits per heavy atom. The van der Waals surface area contributed by atoms with Gasteiger partial charge in [0.2, 0.25) is 0 Å². The lowest BCUT2D eigenvalue weighted by atomic mass is 9.86. The van der Waals surface area contributed by atoms with Gasteiger partial charge in [0.1, 0.15) is 0 Å². The molecule has 4 atom stereocenters. The Bertz CT molecular complexity index is 625. The van der Waals surface area contributed by atoms with Crippen LogP contribution in [0.25, 0.3) is 0 Å². The van der Waals surface area contributed by atoms with Gasteiger partial charge in [0, 0.05) is 23.2 Å². The summed E-state index contributed by atoms with van der Waals surface area (Å²) in [6.07, 6.45) is 17.9. The predicted molar refractivity (Wildman–Crippen MR) is 102 cm³/mol. The highest BCUT2D eigenvalue weighted by Crippen LogP contribution is 2.29. The van der Waals surface area contributed by atoms with Crippen molar-refractivity contribution in [3.8, 4) is 0 Å². The first-order chi connectivity index (χ1) is 11.6. The van der Waals surface area contributed by atoms with E-state index in [1.54, 1.807) is 6.34 Å². The minimum absolute atomic E-state index is 0.108. The highest BCUT2D eigenvalue weighted by molar-refractivity contribution is 9.09. The number of nitrogens with two attached hydrogens (primary N) is 1. The van der Waals surface area contributed by atoms with Gasteiger partial charge < -0.3 is 11.1 Å². The first-order valence-corrected chi connectivity index (χ1v) is 9.45. The van der Waals surface area contributed by atoms with Crippen LogP contribution in [0, 0.1) is 5.92 Å². The number of alkyl halides is 1. The number of Topliss-reactive ketones (excluding diaryl/α,β-unsaturated/α-hetero) is 1. The van der Waals surface area contributed by atoms with Crippen LogP contribution in [0.15, 0.2) is 52.6 Å². The monoisotopic (exact) mass is 389 g/mol. The van der Waals surface area contributed by atoms with Crippen LogP contribution in [-0.4, -0.2) is 35.6 Å². The lowest BCUT2D eigenvalue weighted by molar-refractivity contribution is -0.119. The van der Waals surface area contributed by atoms with E-state index in [-0.39, 0.29) is 11.8 Å². The van der Waals surface area contributed by atoms with Gasteiger partial charge >= 0.3 is 0 Å². The highest BCUT2D eigenvalue weighted by Gasteiger charge is 2.22. The Kier molecular flexibility index (Phi) is 5.85. The third-order valence-corrected chi connectivity index (χ3v) is 5.42. The van der Waals surface area contributed by atoms with Crippen molar-refractivity contribution in [2.45, 2.75) is 42.6 Å². The average molecular weight is 390 g/mol. The molecule has 2 aliphatic carbocycles. The van der Waals surface area contributed by atoms with E-state index in [4.69, 9.17) is 5.73 Å². The number of nitrogens with zero attached hydrogens (tertiary/aromatic N) is 1. The fraction of sp³-hybridized carbons (Fsp3) is 0.474. The van der Waals surface area contributed by atoms with Crippen LogP contribution in [0.2, 0.25) is 0 Å². The molecule has 0 fully saturated rings. The SMILES string of the molecule is N[C@@H](CC1CN=CN1)C(=O)CC1=CCC(C2=CCC(Br)C=C2)C=C1. The van der Waals surface area contributed by atoms with Crippen molar-refractivity contribution < 1.29 is 4.79 Å². The number of nitrogens with one attached hydrogen (secondary N) is 1. The maximum atomic E-state index is 12.3. The fourth-order valence-electron chi connectivity index (χ4n) is 3.23. The van der Waals surface area contributed by atoms with E-state index in [1.165, 1.54) is 5.57 Å². The van der Waals surface area contributed by atoms with Crippen LogP contribution in [0.1, 0.15) is 25.7 Å². The molecule has 0 spiro atoms. The maximum Gasteiger partial charge on any atom is 0.153 e. The fourth-order valence-corrected chi connectivity index (χ4v) is 3.57. The topological polar surface area (TPSA) is 67.5 Å². The number of allylic oxidation sites excluding steroid dienone is 8. The largest absolute Gasteiger partial charge is 0.372 e. The van der Waals surface area contributed by atoms with Crippen LogP contribution in [0.5, 0.6) is 0 Å². The first kappa shape index (κ1) is 17.4. The molecule has 1 aliphatic heterocycles. The van der Waals surface area contributed by atoms with Crippen molar-refractivity contribution in [2.75, 3.05) is 6.54 Å². The summed E-state index contributed by atoms with van der Waals surface area (Å²) in [6.45, 7) is 0.711. The summed E-state index contributed by atoms with van der Waals surface area (Å²) in [4.78, 5) is 16.9. The Hall–Kier alpha value is -1.46. The second-order valence-corrected chi connectivity index (χ2v) is 7.81. The summed E-state index contributed by atoms with van der Waals surface area (Å²) in [5.41, 5.74) is 8.50. The Labute approximate surface area is 151 Å². The average Bonchev–Trinajstić information content (AvgIpc) is 3.09. The third-order valence-electron chi connectivity index (χ3n) is 4.74. The second kappa shape index (κ2) is 8.08. The minimum atomic E-state index is -0.420. The van der Waals surface area contributed by atoms with E-state index in [2.05, 4.69) is 62.7 Å². The number of hydrogen-bond acceptors (Lipinski definition) is 4. The zero-order valence-corrected chi connectivity index (χ0v) is 15.3. The van der Waals surface area contributed by atoms with E-state index in [0.717, 1.165) is 18.4 Å². The van der Waals surface area contributed by atoms with Gasteiger partial charge in [-0.3, -0.25) is 9.79 Å². The zero-order valence-electron chi connectivity index (χ0n) is 13.7. The molecule has 0 saturated heterocycles. The van der Waals surface area contributed by atoms with Crippen molar-refractivity contribution >= 4 is 28.1 Å². The molecule has 0 radical (unpaired) electrons. The van der Waals surface area contributed by atoms with Gasteiger partial charge in [-0.1, -0.05) is 52.4 Å². The highest BCUT2D eigenvalue weighted by atomic mass is 79.9. The number of ketones is 1. The van der Waals surface area contributed by atoms with Gasteiger partial charge in [0.25, 0.3) is 0 Å². The summed E-state index contributed by atoms with van der Waals surface area (Å²) < 4.78 is 0. The maximum absolute atomic E-state index is 12.3. The van der Waals surface area contributed by atoms with Crippen molar-refractivity contribution in [2.24, 2.45) is 16.6 Å². The van der Waals surface area contributed by atoms with Crippen LogP contribution in [0.4, 0.5) is 0 Å². The number of halogens is 1. The molecule has 0 aromatic heterocycles. The second-order valence-electron chi connectivity index (χ2n) is 6.64. The van der Waals surface area contributed by atoms with E-state index < -0.39 is 6.04 Å². The minimum Gasteiger partial charge on any atom is -0.372 e. The molecule has 3 N–H and O–H groups in total. The van der Waals surface area contributed by atoms with Crippen LogP contribution < -0.4 is 11.1 Å². The molecule has 3 aliphatic rings. The van der Waals surface area contributed by atoms with Gasteiger partial charge in [0.15, 0.2) is 5.78 Å². The molecular weight excluding hydrogens is 366 g/mol. The van der Waals surface area contributed by atoms with Gasteiger partial charge in [-0.05, 0) is 30.4 Å². The van der Waals surface area contributed by atoms with E-state index in [0.29, 0.717) is 30.1 Å². The number of carbonyl (C=O) groups excluding carboxylic acids is 1. The Balaban J connectivity index is 1.48. The lowest BCUT2D eigenvalue weighted by Gasteiger charge is -2.21. The number of aliphatic imine (C=N–C) groups is 1. The summed E-state index contributed by atoms with van der Waals surface area (Å²) in [5.74, 6) is 0.533. The number of hydrogen-bond donors (Lipinski definition) is 2. The van der Waals surface area contributed by atoms with Crippen molar-refractivity contribution in [3.63, 3.8) is 0 Å². The molecule has 0 saturated carbocycles. The number of carbonyl (C=O) groups is 1. The summed E-state index contributed by atoms with van der Waals surface area (Å²) >= 11 is 3.60. The molecule has 3 unspecified atom stereocenters. The quantitative estimate of drug-likeness (QED) is 0.686. The molecule has 5 heteroatoms. The Morgan fingerprint density at radius 1 is 1.33 bits per heavy atom. The summed E-state index contributed by atoms with van der Waals surface area (Å²) in [5, 5.41) is 3.12. The van der Waals surface area contributed by atoms with E-state index in [9.17, 15) is 4.79 Å². The molecule has 0 amide bonds. The normalized spacial score (nSPS) is 29.8. The molecular formula is C19H24BrN3O. The molecule has 3 rings (SSSR count).